The Balaban J connectivity index is 2.02. The van der Waals surface area contributed by atoms with E-state index in [-0.39, 0.29) is 0 Å². The van der Waals surface area contributed by atoms with Gasteiger partial charge in [0.1, 0.15) is 0 Å². The minimum absolute atomic E-state index is 0.962. The van der Waals surface area contributed by atoms with E-state index in [2.05, 4.69) is 22.7 Å². The smallest absolute Gasteiger partial charge is 0.0256 e. The minimum Gasteiger partial charge on any atom is -0.314 e. The predicted molar refractivity (Wildman–Crippen MR) is 42.4 cm³/mol. The van der Waals surface area contributed by atoms with Gasteiger partial charge in [0.25, 0.3) is 0 Å². The molecule has 0 saturated carbocycles. The SMILES string of the molecule is [CH2]CCNN1CCNCC1. The Morgan fingerprint density at radius 1 is 1.40 bits per heavy atom. The van der Waals surface area contributed by atoms with Gasteiger partial charge in [-0.25, -0.2) is 5.01 Å². The Hall–Kier alpha value is -0.120. The summed E-state index contributed by atoms with van der Waals surface area (Å²) in [7, 11) is 0. The summed E-state index contributed by atoms with van der Waals surface area (Å²) in [6, 6.07) is 0. The third-order valence-electron chi connectivity index (χ3n) is 1.63. The van der Waals surface area contributed by atoms with Crippen LogP contribution in [-0.4, -0.2) is 37.7 Å². The van der Waals surface area contributed by atoms with Crippen LogP contribution in [-0.2, 0) is 0 Å². The molecule has 0 aromatic rings. The molecule has 0 amide bonds. The molecule has 1 radical (unpaired) electrons. The van der Waals surface area contributed by atoms with Crippen molar-refractivity contribution in [3.8, 4) is 0 Å². The standard InChI is InChI=1S/C7H16N3/c1-2-3-9-10-6-4-8-5-7-10/h8-9H,1-7H2. The molecule has 3 heteroatoms. The van der Waals surface area contributed by atoms with Crippen molar-refractivity contribution in [2.24, 2.45) is 0 Å². The van der Waals surface area contributed by atoms with Crippen molar-refractivity contribution in [1.82, 2.24) is 15.8 Å². The van der Waals surface area contributed by atoms with Gasteiger partial charge in [0, 0.05) is 32.7 Å². The van der Waals surface area contributed by atoms with Crippen LogP contribution in [0.25, 0.3) is 0 Å². The van der Waals surface area contributed by atoms with Gasteiger partial charge in [0.05, 0.1) is 0 Å². The lowest BCUT2D eigenvalue weighted by Gasteiger charge is -2.27. The molecular formula is C7H16N3. The average molecular weight is 142 g/mol. The highest BCUT2D eigenvalue weighted by Gasteiger charge is 2.06. The molecule has 0 spiro atoms. The number of hydrazine groups is 1. The van der Waals surface area contributed by atoms with Crippen LogP contribution in [0.3, 0.4) is 0 Å². The van der Waals surface area contributed by atoms with Crippen molar-refractivity contribution in [2.45, 2.75) is 6.42 Å². The molecule has 1 aliphatic rings. The second kappa shape index (κ2) is 4.66. The summed E-state index contributed by atoms with van der Waals surface area (Å²) in [5.41, 5.74) is 3.30. The Bertz CT molecular complexity index is 78.9. The van der Waals surface area contributed by atoms with E-state index in [4.69, 9.17) is 0 Å². The van der Waals surface area contributed by atoms with Crippen LogP contribution in [0.15, 0.2) is 0 Å². The fraction of sp³-hybridized carbons (Fsp3) is 0.857. The summed E-state index contributed by atoms with van der Waals surface area (Å²) >= 11 is 0. The lowest BCUT2D eigenvalue weighted by molar-refractivity contribution is 0.166. The van der Waals surface area contributed by atoms with Crippen LogP contribution in [0.2, 0.25) is 0 Å². The maximum atomic E-state index is 3.77. The Morgan fingerprint density at radius 3 is 2.70 bits per heavy atom. The van der Waals surface area contributed by atoms with Crippen LogP contribution < -0.4 is 10.7 Å². The summed E-state index contributed by atoms with van der Waals surface area (Å²) in [5.74, 6) is 0. The quantitative estimate of drug-likeness (QED) is 0.562. The largest absolute Gasteiger partial charge is 0.314 e. The summed E-state index contributed by atoms with van der Waals surface area (Å²) in [6.07, 6.45) is 0.962. The lowest BCUT2D eigenvalue weighted by Crippen LogP contribution is -2.50. The molecule has 0 aromatic carbocycles. The molecular weight excluding hydrogens is 126 g/mol. The molecule has 0 aromatic heterocycles. The number of piperazine rings is 1. The summed E-state index contributed by atoms with van der Waals surface area (Å²) < 4.78 is 0. The van der Waals surface area contributed by atoms with E-state index >= 15 is 0 Å². The van der Waals surface area contributed by atoms with Crippen molar-refractivity contribution >= 4 is 0 Å². The Morgan fingerprint density at radius 2 is 2.10 bits per heavy atom. The molecule has 1 saturated heterocycles. The molecule has 0 aliphatic carbocycles. The third-order valence-corrected chi connectivity index (χ3v) is 1.63. The van der Waals surface area contributed by atoms with Gasteiger partial charge >= 0.3 is 0 Å². The first-order valence-corrected chi connectivity index (χ1v) is 3.92. The maximum absolute atomic E-state index is 3.77. The maximum Gasteiger partial charge on any atom is 0.0256 e. The van der Waals surface area contributed by atoms with Gasteiger partial charge in [-0.3, -0.25) is 5.43 Å². The zero-order valence-electron chi connectivity index (χ0n) is 6.40. The molecule has 2 N–H and O–H groups in total. The summed E-state index contributed by atoms with van der Waals surface area (Å²) in [5, 5.41) is 5.55. The number of nitrogens with one attached hydrogen (secondary N) is 2. The van der Waals surface area contributed by atoms with E-state index in [0.717, 1.165) is 39.1 Å². The van der Waals surface area contributed by atoms with Crippen LogP contribution in [0.5, 0.6) is 0 Å². The second-order valence-electron chi connectivity index (χ2n) is 2.50. The molecule has 1 heterocycles. The normalized spacial score (nSPS) is 21.3. The lowest BCUT2D eigenvalue weighted by atomic mass is 10.4. The fourth-order valence-corrected chi connectivity index (χ4v) is 1.06. The highest BCUT2D eigenvalue weighted by Crippen LogP contribution is 1.85. The second-order valence-corrected chi connectivity index (χ2v) is 2.50. The van der Waals surface area contributed by atoms with Gasteiger partial charge in [0.15, 0.2) is 0 Å². The van der Waals surface area contributed by atoms with Gasteiger partial charge in [-0.1, -0.05) is 6.92 Å². The van der Waals surface area contributed by atoms with E-state index in [1.807, 2.05) is 0 Å². The van der Waals surface area contributed by atoms with Crippen molar-refractivity contribution in [3.05, 3.63) is 6.92 Å². The first-order chi connectivity index (χ1) is 4.93. The number of hydrogen-bond acceptors (Lipinski definition) is 3. The minimum atomic E-state index is 0.962. The molecule has 1 fully saturated rings. The molecule has 10 heavy (non-hydrogen) atoms. The van der Waals surface area contributed by atoms with Crippen molar-refractivity contribution in [1.29, 1.82) is 0 Å². The predicted octanol–water partition coefficient (Wildman–Crippen LogP) is -0.380. The highest BCUT2D eigenvalue weighted by molar-refractivity contribution is 4.63. The van der Waals surface area contributed by atoms with Gasteiger partial charge < -0.3 is 5.32 Å². The van der Waals surface area contributed by atoms with Gasteiger partial charge in [0.2, 0.25) is 0 Å². The first kappa shape index (κ1) is 7.98. The molecule has 0 bridgehead atoms. The Kier molecular flexibility index (Phi) is 3.72. The third kappa shape index (κ3) is 2.64. The molecule has 0 atom stereocenters. The van der Waals surface area contributed by atoms with E-state index < -0.39 is 0 Å². The van der Waals surface area contributed by atoms with Gasteiger partial charge in [-0.2, -0.15) is 0 Å². The molecule has 0 unspecified atom stereocenters. The zero-order chi connectivity index (χ0) is 7.23. The zero-order valence-corrected chi connectivity index (χ0v) is 6.40. The van der Waals surface area contributed by atoms with Crippen LogP contribution in [0.4, 0.5) is 0 Å². The van der Waals surface area contributed by atoms with Crippen molar-refractivity contribution in [3.63, 3.8) is 0 Å². The molecule has 1 aliphatic heterocycles. The topological polar surface area (TPSA) is 27.3 Å². The monoisotopic (exact) mass is 142 g/mol. The first-order valence-electron chi connectivity index (χ1n) is 3.92. The fourth-order valence-electron chi connectivity index (χ4n) is 1.06. The number of hydrogen-bond donors (Lipinski definition) is 2. The molecule has 3 nitrogen and oxygen atoms in total. The van der Waals surface area contributed by atoms with Crippen LogP contribution in [0, 0.1) is 6.92 Å². The van der Waals surface area contributed by atoms with Crippen molar-refractivity contribution in [2.75, 3.05) is 32.7 Å². The van der Waals surface area contributed by atoms with Crippen LogP contribution >= 0.6 is 0 Å². The molecule has 59 valence electrons. The van der Waals surface area contributed by atoms with E-state index in [1.165, 1.54) is 0 Å². The van der Waals surface area contributed by atoms with Crippen molar-refractivity contribution < 1.29 is 0 Å². The average Bonchev–Trinajstić information content (AvgIpc) is 2.03. The Labute approximate surface area is 62.8 Å². The number of rotatable bonds is 3. The van der Waals surface area contributed by atoms with E-state index in [0.29, 0.717) is 0 Å². The highest BCUT2D eigenvalue weighted by atomic mass is 15.5. The van der Waals surface area contributed by atoms with E-state index in [9.17, 15) is 0 Å². The number of nitrogens with zero attached hydrogens (tertiary/aromatic N) is 1. The van der Waals surface area contributed by atoms with E-state index in [1.54, 1.807) is 0 Å². The summed E-state index contributed by atoms with van der Waals surface area (Å²) in [4.78, 5) is 0. The van der Waals surface area contributed by atoms with Gasteiger partial charge in [-0.05, 0) is 6.42 Å². The van der Waals surface area contributed by atoms with Crippen LogP contribution in [0.1, 0.15) is 6.42 Å². The molecule has 1 rings (SSSR count). The summed E-state index contributed by atoms with van der Waals surface area (Å²) in [6.45, 7) is 9.19. The van der Waals surface area contributed by atoms with Gasteiger partial charge in [-0.15, -0.1) is 0 Å².